The van der Waals surface area contributed by atoms with Crippen LogP contribution in [0, 0.1) is 5.95 Å². The summed E-state index contributed by atoms with van der Waals surface area (Å²) in [7, 11) is 0. The second kappa shape index (κ2) is 13.8. The summed E-state index contributed by atoms with van der Waals surface area (Å²) in [4.78, 5) is 28.2. The largest absolute Gasteiger partial charge is 0.478 e. The van der Waals surface area contributed by atoms with Crippen molar-refractivity contribution in [1.82, 2.24) is 9.97 Å². The van der Waals surface area contributed by atoms with Crippen LogP contribution in [0.1, 0.15) is 59.5 Å². The third-order valence-electron chi connectivity index (χ3n) is 5.44. The molecule has 4 rings (SSSR count). The predicted molar refractivity (Wildman–Crippen MR) is 149 cm³/mol. The molecule has 0 atom stereocenters. The molecule has 39 heavy (non-hydrogen) atoms. The number of aromatic carboxylic acids is 2. The number of hydrogen-bond donors (Lipinski definition) is 4. The Morgan fingerprint density at radius 1 is 0.718 bits per heavy atom. The molecule has 0 bridgehead atoms. The predicted octanol–water partition coefficient (Wildman–Crippen LogP) is 5.93. The van der Waals surface area contributed by atoms with Gasteiger partial charge in [-0.25, -0.2) is 19.6 Å². The molecule has 0 radical (unpaired) electrons. The van der Waals surface area contributed by atoms with Crippen molar-refractivity contribution in [2.75, 3.05) is 5.32 Å². The lowest BCUT2D eigenvalue weighted by Gasteiger charge is -2.27. The Labute approximate surface area is 227 Å². The van der Waals surface area contributed by atoms with E-state index in [0.717, 1.165) is 23.9 Å². The van der Waals surface area contributed by atoms with Crippen LogP contribution in [0.25, 0.3) is 0 Å². The number of nitrogens with zero attached hydrogens (tertiary/aromatic N) is 2. The van der Waals surface area contributed by atoms with Gasteiger partial charge in [-0.2, -0.15) is 4.39 Å². The summed E-state index contributed by atoms with van der Waals surface area (Å²) in [6.45, 7) is 8.11. The Bertz CT molecular complexity index is 1320. The molecule has 0 aliphatic heterocycles. The number of aromatic nitrogens is 2. The number of nitrogens with two attached hydrogens (primary N) is 1. The van der Waals surface area contributed by atoms with E-state index in [2.05, 4.69) is 29.1 Å². The highest BCUT2D eigenvalue weighted by Crippen LogP contribution is 2.24. The third-order valence-corrected chi connectivity index (χ3v) is 5.44. The fourth-order valence-electron chi connectivity index (χ4n) is 3.21. The maximum absolute atomic E-state index is 12.0. The topological polar surface area (TPSA) is 138 Å². The first kappa shape index (κ1) is 30.6. The molecule has 0 saturated heterocycles. The quantitative estimate of drug-likeness (QED) is 0.224. The number of carbonyl (C=O) groups is 2. The number of hydrogen-bond acceptors (Lipinski definition) is 6. The van der Waals surface area contributed by atoms with Crippen molar-refractivity contribution < 1.29 is 24.2 Å². The molecule has 0 amide bonds. The van der Waals surface area contributed by atoms with Crippen LogP contribution in [0.15, 0.2) is 97.3 Å². The molecule has 4 aromatic rings. The number of nitrogens with one attached hydrogen (secondary N) is 1. The highest BCUT2D eigenvalue weighted by atomic mass is 19.1. The number of benzene rings is 2. The van der Waals surface area contributed by atoms with Crippen LogP contribution in [-0.2, 0) is 11.1 Å². The summed E-state index contributed by atoms with van der Waals surface area (Å²) in [6, 6.07) is 25.5. The van der Waals surface area contributed by atoms with Gasteiger partial charge in [0.2, 0.25) is 5.95 Å². The number of halogens is 1. The van der Waals surface area contributed by atoms with Crippen LogP contribution in [0.3, 0.4) is 0 Å². The zero-order valence-corrected chi connectivity index (χ0v) is 22.3. The molecule has 204 valence electrons. The van der Waals surface area contributed by atoms with Crippen molar-refractivity contribution in [3.63, 3.8) is 0 Å². The molecule has 2 aromatic heterocycles. The van der Waals surface area contributed by atoms with Gasteiger partial charge in [-0.05, 0) is 63.1 Å². The van der Waals surface area contributed by atoms with Gasteiger partial charge in [0.15, 0.2) is 0 Å². The van der Waals surface area contributed by atoms with E-state index in [-0.39, 0.29) is 22.2 Å². The SMILES string of the molecule is CC(C)(N)c1ccccc1.CC(C)(Nc1ccc(C(=O)O)cn1)c1ccccc1.O=C(O)c1ccc(F)nc1. The average Bonchev–Trinajstić information content (AvgIpc) is 2.90. The Kier molecular flexibility index (Phi) is 10.8. The molecule has 8 nitrogen and oxygen atoms in total. The highest BCUT2D eigenvalue weighted by Gasteiger charge is 2.20. The molecule has 0 fully saturated rings. The van der Waals surface area contributed by atoms with Crippen molar-refractivity contribution in [3.8, 4) is 0 Å². The van der Waals surface area contributed by atoms with Gasteiger partial charge >= 0.3 is 11.9 Å². The summed E-state index contributed by atoms with van der Waals surface area (Å²) < 4.78 is 12.0. The molecule has 2 aromatic carbocycles. The van der Waals surface area contributed by atoms with Crippen molar-refractivity contribution in [2.24, 2.45) is 5.73 Å². The fourth-order valence-corrected chi connectivity index (χ4v) is 3.21. The van der Waals surface area contributed by atoms with Crippen LogP contribution in [0.5, 0.6) is 0 Å². The molecular formula is C30H33FN4O4. The lowest BCUT2D eigenvalue weighted by Crippen LogP contribution is -2.28. The van der Waals surface area contributed by atoms with E-state index in [1.807, 2.05) is 74.5 Å². The molecule has 0 unspecified atom stereocenters. The normalized spacial score (nSPS) is 10.7. The lowest BCUT2D eigenvalue weighted by molar-refractivity contribution is 0.0685. The molecule has 0 saturated carbocycles. The number of rotatable bonds is 6. The average molecular weight is 533 g/mol. The monoisotopic (exact) mass is 532 g/mol. The summed E-state index contributed by atoms with van der Waals surface area (Å²) >= 11 is 0. The maximum Gasteiger partial charge on any atom is 0.337 e. The summed E-state index contributed by atoms with van der Waals surface area (Å²) in [5.74, 6) is -2.10. The van der Waals surface area contributed by atoms with Gasteiger partial charge in [-0.3, -0.25) is 0 Å². The molecule has 0 aliphatic rings. The minimum absolute atomic E-state index is 0.0126. The highest BCUT2D eigenvalue weighted by molar-refractivity contribution is 5.87. The minimum atomic E-state index is -1.10. The van der Waals surface area contributed by atoms with Crippen molar-refractivity contribution in [1.29, 1.82) is 0 Å². The zero-order valence-electron chi connectivity index (χ0n) is 22.3. The number of anilines is 1. The smallest absolute Gasteiger partial charge is 0.337 e. The van der Waals surface area contributed by atoms with E-state index >= 15 is 0 Å². The van der Waals surface area contributed by atoms with Crippen LogP contribution in [0.2, 0.25) is 0 Å². The third kappa shape index (κ3) is 10.3. The lowest BCUT2D eigenvalue weighted by atomic mass is 9.94. The second-order valence-corrected chi connectivity index (χ2v) is 9.62. The van der Waals surface area contributed by atoms with Gasteiger partial charge in [0, 0.05) is 17.9 Å². The van der Waals surface area contributed by atoms with E-state index < -0.39 is 17.9 Å². The van der Waals surface area contributed by atoms with E-state index in [1.165, 1.54) is 11.8 Å². The first-order valence-electron chi connectivity index (χ1n) is 12.0. The van der Waals surface area contributed by atoms with Gasteiger partial charge in [0.25, 0.3) is 0 Å². The molecule has 0 spiro atoms. The molecule has 2 heterocycles. The first-order chi connectivity index (χ1) is 18.3. The zero-order chi connectivity index (χ0) is 29.1. The van der Waals surface area contributed by atoms with Crippen LogP contribution in [-0.4, -0.2) is 32.1 Å². The van der Waals surface area contributed by atoms with Gasteiger partial charge in [0.05, 0.1) is 16.7 Å². The van der Waals surface area contributed by atoms with E-state index in [9.17, 15) is 14.0 Å². The summed E-state index contributed by atoms with van der Waals surface area (Å²) in [5.41, 5.74) is 7.86. The molecule has 9 heteroatoms. The minimum Gasteiger partial charge on any atom is -0.478 e. The number of carboxylic acid groups (broad SMARTS) is 2. The Morgan fingerprint density at radius 3 is 1.54 bits per heavy atom. The van der Waals surface area contributed by atoms with Gasteiger partial charge in [0.1, 0.15) is 5.82 Å². The fraction of sp³-hybridized carbons (Fsp3) is 0.200. The Morgan fingerprint density at radius 2 is 1.18 bits per heavy atom. The van der Waals surface area contributed by atoms with Gasteiger partial charge < -0.3 is 21.3 Å². The van der Waals surface area contributed by atoms with Crippen molar-refractivity contribution >= 4 is 17.8 Å². The van der Waals surface area contributed by atoms with Crippen LogP contribution < -0.4 is 11.1 Å². The van der Waals surface area contributed by atoms with Crippen LogP contribution in [0.4, 0.5) is 10.2 Å². The van der Waals surface area contributed by atoms with Gasteiger partial charge in [-0.1, -0.05) is 60.7 Å². The molecule has 0 aliphatic carbocycles. The molecule has 5 N–H and O–H groups in total. The van der Waals surface area contributed by atoms with E-state index in [0.29, 0.717) is 5.82 Å². The van der Waals surface area contributed by atoms with Crippen molar-refractivity contribution in [2.45, 2.75) is 38.8 Å². The first-order valence-corrected chi connectivity index (χ1v) is 12.0. The van der Waals surface area contributed by atoms with Crippen molar-refractivity contribution in [3.05, 3.63) is 126 Å². The summed E-state index contributed by atoms with van der Waals surface area (Å²) in [5, 5.41) is 20.4. The number of carboxylic acids is 2. The van der Waals surface area contributed by atoms with Gasteiger partial charge in [-0.15, -0.1) is 0 Å². The molecular weight excluding hydrogens is 499 g/mol. The maximum atomic E-state index is 12.0. The Balaban J connectivity index is 0.000000225. The van der Waals surface area contributed by atoms with Crippen LogP contribution >= 0.6 is 0 Å². The second-order valence-electron chi connectivity index (χ2n) is 9.62. The Hall–Kier alpha value is -4.63. The number of pyridine rings is 2. The standard InChI is InChI=1S/C15H16N2O2.C9H13N.C6H4FNO2/c1-15(2,12-6-4-3-5-7-12)17-13-9-8-11(10-16-13)14(18)19;1-9(2,10)8-6-4-3-5-7-8;7-5-2-1-4(3-8-5)6(9)10/h3-10H,1-2H3,(H,16,17)(H,18,19);3-7H,10H2,1-2H3;1-3H,(H,9,10). The van der Waals surface area contributed by atoms with E-state index in [1.54, 1.807) is 12.1 Å². The van der Waals surface area contributed by atoms with E-state index in [4.69, 9.17) is 15.9 Å². The summed E-state index contributed by atoms with van der Waals surface area (Å²) in [6.07, 6.45) is 2.32.